The number of carbonyl (C=O) groups is 1. The Morgan fingerprint density at radius 3 is 2.65 bits per heavy atom. The summed E-state index contributed by atoms with van der Waals surface area (Å²) < 4.78 is 36.5. The van der Waals surface area contributed by atoms with Gasteiger partial charge in [-0.05, 0) is 19.8 Å². The van der Waals surface area contributed by atoms with Gasteiger partial charge in [-0.1, -0.05) is 0 Å². The maximum absolute atomic E-state index is 13.1. The van der Waals surface area contributed by atoms with Crippen LogP contribution in [-0.4, -0.2) is 24.2 Å². The third-order valence-electron chi connectivity index (χ3n) is 3.33. The molecule has 1 aromatic rings. The predicted molar refractivity (Wildman–Crippen MR) is 68.2 cm³/mol. The Bertz CT molecular complexity index is 489. The van der Waals surface area contributed by atoms with Gasteiger partial charge in [0.15, 0.2) is 0 Å². The molecule has 0 aliphatic heterocycles. The van der Waals surface area contributed by atoms with Gasteiger partial charge in [0.2, 0.25) is 0 Å². The van der Waals surface area contributed by atoms with E-state index in [2.05, 4.69) is 0 Å². The van der Waals surface area contributed by atoms with Gasteiger partial charge in [0.25, 0.3) is 0 Å². The molecule has 0 radical (unpaired) electrons. The maximum atomic E-state index is 13.1. The summed E-state index contributed by atoms with van der Waals surface area (Å²) in [5.41, 5.74) is 4.91. The van der Waals surface area contributed by atoms with E-state index in [1.54, 1.807) is 6.92 Å². The molecule has 0 heterocycles. The number of hydrogen-bond acceptors (Lipinski definition) is 4. The molecule has 1 aromatic carbocycles. The molecule has 2 atom stereocenters. The molecule has 20 heavy (non-hydrogen) atoms. The van der Waals surface area contributed by atoms with Crippen LogP contribution in [0.3, 0.4) is 0 Å². The average Bonchev–Trinajstić information content (AvgIpc) is 2.71. The Labute approximate surface area is 115 Å². The molecule has 110 valence electrons. The summed E-state index contributed by atoms with van der Waals surface area (Å²) >= 11 is 0. The monoisotopic (exact) mass is 285 g/mol. The number of hydrogen-bond donors (Lipinski definition) is 1. The highest BCUT2D eigenvalue weighted by Crippen LogP contribution is 2.32. The van der Waals surface area contributed by atoms with Crippen molar-refractivity contribution in [2.24, 2.45) is 5.73 Å². The quantitative estimate of drug-likeness (QED) is 0.861. The minimum atomic E-state index is -1.08. The van der Waals surface area contributed by atoms with Crippen molar-refractivity contribution in [3.05, 3.63) is 29.8 Å². The van der Waals surface area contributed by atoms with Crippen LogP contribution in [0, 0.1) is 11.6 Å². The summed E-state index contributed by atoms with van der Waals surface area (Å²) in [5.74, 6) is -1.78. The highest BCUT2D eigenvalue weighted by atomic mass is 19.1. The molecule has 2 rings (SSSR count). The van der Waals surface area contributed by atoms with Gasteiger partial charge < -0.3 is 15.2 Å². The summed E-state index contributed by atoms with van der Waals surface area (Å²) in [6.07, 6.45) is 0.872. The molecule has 4 nitrogen and oxygen atoms in total. The molecule has 0 saturated heterocycles. The first-order chi connectivity index (χ1) is 9.43. The van der Waals surface area contributed by atoms with Gasteiger partial charge in [-0.2, -0.15) is 0 Å². The van der Waals surface area contributed by atoms with E-state index in [1.165, 1.54) is 0 Å². The fourth-order valence-electron chi connectivity index (χ4n) is 2.38. The number of carbonyl (C=O) groups excluding carboxylic acids is 1. The van der Waals surface area contributed by atoms with Gasteiger partial charge >= 0.3 is 5.97 Å². The number of benzene rings is 1. The van der Waals surface area contributed by atoms with Crippen molar-refractivity contribution < 1.29 is 23.0 Å². The maximum Gasteiger partial charge on any atom is 0.326 e. The SMILES string of the molecule is CCOC(=O)C1(N)CCC(Oc2cc(F)cc(F)c2)C1. The van der Waals surface area contributed by atoms with Crippen LogP contribution in [0.4, 0.5) is 8.78 Å². The fraction of sp³-hybridized carbons (Fsp3) is 0.500. The Balaban J connectivity index is 2.01. The van der Waals surface area contributed by atoms with Crippen molar-refractivity contribution in [2.75, 3.05) is 6.61 Å². The number of esters is 1. The summed E-state index contributed by atoms with van der Waals surface area (Å²) in [6.45, 7) is 1.97. The van der Waals surface area contributed by atoms with Crippen molar-refractivity contribution in [3.8, 4) is 5.75 Å². The smallest absolute Gasteiger partial charge is 0.326 e. The van der Waals surface area contributed by atoms with Crippen molar-refractivity contribution in [2.45, 2.75) is 37.8 Å². The van der Waals surface area contributed by atoms with Crippen molar-refractivity contribution >= 4 is 5.97 Å². The zero-order valence-corrected chi connectivity index (χ0v) is 11.2. The normalized spacial score (nSPS) is 25.5. The standard InChI is InChI=1S/C14H17F2NO3/c1-2-19-13(18)14(17)4-3-11(8-14)20-12-6-9(15)5-10(16)7-12/h5-7,11H,2-4,8,17H2,1H3. The van der Waals surface area contributed by atoms with Crippen LogP contribution < -0.4 is 10.5 Å². The van der Waals surface area contributed by atoms with Gasteiger partial charge in [-0.15, -0.1) is 0 Å². The largest absolute Gasteiger partial charge is 0.490 e. The van der Waals surface area contributed by atoms with Crippen LogP contribution in [-0.2, 0) is 9.53 Å². The number of rotatable bonds is 4. The number of halogens is 2. The Hall–Kier alpha value is -1.69. The fourth-order valence-corrected chi connectivity index (χ4v) is 2.38. The lowest BCUT2D eigenvalue weighted by Gasteiger charge is -2.21. The van der Waals surface area contributed by atoms with Gasteiger partial charge in [0.05, 0.1) is 6.61 Å². The second-order valence-electron chi connectivity index (χ2n) is 4.96. The van der Waals surface area contributed by atoms with E-state index in [0.717, 1.165) is 18.2 Å². The molecular weight excluding hydrogens is 268 g/mol. The molecule has 0 bridgehead atoms. The highest BCUT2D eigenvalue weighted by molar-refractivity contribution is 5.81. The van der Waals surface area contributed by atoms with Crippen LogP contribution >= 0.6 is 0 Å². The Kier molecular flexibility index (Phi) is 4.23. The summed E-state index contributed by atoms with van der Waals surface area (Å²) in [6, 6.07) is 2.97. The Morgan fingerprint density at radius 2 is 2.05 bits per heavy atom. The van der Waals surface area contributed by atoms with Crippen molar-refractivity contribution in [3.63, 3.8) is 0 Å². The third kappa shape index (κ3) is 3.25. The lowest BCUT2D eigenvalue weighted by Crippen LogP contribution is -2.47. The third-order valence-corrected chi connectivity index (χ3v) is 3.33. The number of nitrogens with two attached hydrogens (primary N) is 1. The lowest BCUT2D eigenvalue weighted by atomic mass is 9.99. The highest BCUT2D eigenvalue weighted by Gasteiger charge is 2.44. The molecule has 2 N–H and O–H groups in total. The van der Waals surface area contributed by atoms with Crippen LogP contribution in [0.25, 0.3) is 0 Å². The minimum absolute atomic E-state index is 0.0978. The second kappa shape index (κ2) is 5.75. The average molecular weight is 285 g/mol. The van der Waals surface area contributed by atoms with E-state index >= 15 is 0 Å². The molecular formula is C14H17F2NO3. The van der Waals surface area contributed by atoms with E-state index in [9.17, 15) is 13.6 Å². The summed E-state index contributed by atoms with van der Waals surface area (Å²) in [7, 11) is 0. The second-order valence-corrected chi connectivity index (χ2v) is 4.96. The van der Waals surface area contributed by atoms with E-state index in [0.29, 0.717) is 12.8 Å². The van der Waals surface area contributed by atoms with Gasteiger partial charge in [-0.3, -0.25) is 4.79 Å². The van der Waals surface area contributed by atoms with Crippen LogP contribution in [0.5, 0.6) is 5.75 Å². The topological polar surface area (TPSA) is 61.5 Å². The van der Waals surface area contributed by atoms with E-state index in [-0.39, 0.29) is 24.9 Å². The molecule has 0 aromatic heterocycles. The van der Waals surface area contributed by atoms with E-state index < -0.39 is 23.1 Å². The van der Waals surface area contributed by atoms with E-state index in [1.807, 2.05) is 0 Å². The molecule has 2 unspecified atom stereocenters. The lowest BCUT2D eigenvalue weighted by molar-refractivity contribution is -0.149. The van der Waals surface area contributed by atoms with Gasteiger partial charge in [0.1, 0.15) is 29.0 Å². The van der Waals surface area contributed by atoms with Crippen LogP contribution in [0.15, 0.2) is 18.2 Å². The molecule has 0 spiro atoms. The van der Waals surface area contributed by atoms with Crippen LogP contribution in [0.2, 0.25) is 0 Å². The first-order valence-electron chi connectivity index (χ1n) is 6.52. The number of ether oxygens (including phenoxy) is 2. The minimum Gasteiger partial charge on any atom is -0.490 e. The molecule has 1 fully saturated rings. The first-order valence-corrected chi connectivity index (χ1v) is 6.52. The van der Waals surface area contributed by atoms with Gasteiger partial charge in [0, 0.05) is 24.6 Å². The molecule has 1 aliphatic rings. The first kappa shape index (κ1) is 14.7. The van der Waals surface area contributed by atoms with E-state index in [4.69, 9.17) is 15.2 Å². The summed E-state index contributed by atoms with van der Waals surface area (Å²) in [4.78, 5) is 11.8. The zero-order chi connectivity index (χ0) is 14.8. The molecule has 6 heteroatoms. The van der Waals surface area contributed by atoms with Crippen molar-refractivity contribution in [1.82, 2.24) is 0 Å². The predicted octanol–water partition coefficient (Wildman–Crippen LogP) is 2.16. The van der Waals surface area contributed by atoms with Crippen molar-refractivity contribution in [1.29, 1.82) is 0 Å². The van der Waals surface area contributed by atoms with Gasteiger partial charge in [-0.25, -0.2) is 8.78 Å². The van der Waals surface area contributed by atoms with Crippen LogP contribution in [0.1, 0.15) is 26.2 Å². The zero-order valence-electron chi connectivity index (χ0n) is 11.2. The molecule has 1 saturated carbocycles. The Morgan fingerprint density at radius 1 is 1.40 bits per heavy atom. The summed E-state index contributed by atoms with van der Waals surface area (Å²) in [5, 5.41) is 0. The molecule has 1 aliphatic carbocycles. The molecule has 0 amide bonds.